The molecule has 0 fully saturated rings. The van der Waals surface area contributed by atoms with Crippen molar-refractivity contribution in [2.24, 2.45) is 0 Å². The van der Waals surface area contributed by atoms with E-state index in [1.807, 2.05) is 27.7 Å². The Hall–Kier alpha value is -1.80. The molecule has 0 saturated heterocycles. The number of carbonyl (C=O) groups excluding carboxylic acids is 1. The summed E-state index contributed by atoms with van der Waals surface area (Å²) in [7, 11) is -4.08. The van der Waals surface area contributed by atoms with Crippen molar-refractivity contribution >= 4 is 16.0 Å². The van der Waals surface area contributed by atoms with Gasteiger partial charge in [0.25, 0.3) is 10.1 Å². The van der Waals surface area contributed by atoms with E-state index in [-0.39, 0.29) is 18.9 Å². The van der Waals surface area contributed by atoms with Gasteiger partial charge >= 0.3 is 0 Å². The molecule has 1 aliphatic rings. The third kappa shape index (κ3) is 4.67. The van der Waals surface area contributed by atoms with E-state index in [4.69, 9.17) is 9.29 Å². The zero-order valence-corrected chi connectivity index (χ0v) is 16.5. The van der Waals surface area contributed by atoms with E-state index < -0.39 is 21.5 Å². The van der Waals surface area contributed by atoms with Crippen LogP contribution in [0.5, 0.6) is 11.5 Å². The molecule has 0 bridgehead atoms. The van der Waals surface area contributed by atoms with Gasteiger partial charge < -0.3 is 15.2 Å². The number of phenols is 1. The summed E-state index contributed by atoms with van der Waals surface area (Å²) in [6, 6.07) is 0. The fraction of sp³-hybridized carbons (Fsp3) is 0.611. The number of hydrogen-bond donors (Lipinski definition) is 3. The minimum atomic E-state index is -4.08. The summed E-state index contributed by atoms with van der Waals surface area (Å²) in [6.07, 6.45) is 2.17. The number of aromatic hydroxyl groups is 1. The maximum absolute atomic E-state index is 11.9. The van der Waals surface area contributed by atoms with Crippen LogP contribution in [0.4, 0.5) is 0 Å². The highest BCUT2D eigenvalue weighted by molar-refractivity contribution is 7.85. The van der Waals surface area contributed by atoms with Crippen molar-refractivity contribution in [3.63, 3.8) is 0 Å². The lowest BCUT2D eigenvalue weighted by Crippen LogP contribution is -2.39. The van der Waals surface area contributed by atoms with Crippen LogP contribution in [0.3, 0.4) is 0 Å². The van der Waals surface area contributed by atoms with Gasteiger partial charge in [-0.05, 0) is 63.6 Å². The zero-order valence-electron chi connectivity index (χ0n) is 15.7. The fourth-order valence-corrected chi connectivity index (χ4v) is 3.62. The summed E-state index contributed by atoms with van der Waals surface area (Å²) < 4.78 is 36.2. The molecule has 146 valence electrons. The molecule has 0 aliphatic carbocycles. The Morgan fingerprint density at radius 1 is 1.23 bits per heavy atom. The predicted octanol–water partition coefficient (Wildman–Crippen LogP) is 2.19. The lowest BCUT2D eigenvalue weighted by Gasteiger charge is -2.38. The molecule has 7 nitrogen and oxygen atoms in total. The highest BCUT2D eigenvalue weighted by atomic mass is 32.2. The number of amides is 1. The first-order valence-corrected chi connectivity index (χ1v) is 10.3. The van der Waals surface area contributed by atoms with Crippen LogP contribution in [-0.2, 0) is 21.3 Å². The predicted molar refractivity (Wildman–Crippen MR) is 98.3 cm³/mol. The Balaban J connectivity index is 2.02. The number of phenolic OH excluding ortho intramolecular Hbond substituents is 1. The summed E-state index contributed by atoms with van der Waals surface area (Å²) in [5.41, 5.74) is 3.06. The number of fused-ring (bicyclic) bond motifs is 1. The van der Waals surface area contributed by atoms with Gasteiger partial charge in [-0.15, -0.1) is 0 Å². The van der Waals surface area contributed by atoms with Crippen LogP contribution in [0.1, 0.15) is 48.4 Å². The lowest BCUT2D eigenvalue weighted by atomic mass is 9.85. The quantitative estimate of drug-likeness (QED) is 0.647. The first kappa shape index (κ1) is 20.5. The van der Waals surface area contributed by atoms with Gasteiger partial charge in [-0.1, -0.05) is 0 Å². The molecule has 1 aromatic carbocycles. The Morgan fingerprint density at radius 2 is 1.88 bits per heavy atom. The van der Waals surface area contributed by atoms with E-state index in [1.54, 1.807) is 0 Å². The van der Waals surface area contributed by atoms with Crippen LogP contribution >= 0.6 is 0 Å². The van der Waals surface area contributed by atoms with Gasteiger partial charge in [0, 0.05) is 18.5 Å². The van der Waals surface area contributed by atoms with Crippen LogP contribution in [-0.4, -0.2) is 41.9 Å². The highest BCUT2D eigenvalue weighted by Gasteiger charge is 2.34. The summed E-state index contributed by atoms with van der Waals surface area (Å²) in [4.78, 5) is 11.9. The molecule has 0 saturated carbocycles. The number of rotatable bonds is 6. The van der Waals surface area contributed by atoms with E-state index in [2.05, 4.69) is 5.32 Å². The van der Waals surface area contributed by atoms with Crippen molar-refractivity contribution < 1.29 is 27.6 Å². The first-order chi connectivity index (χ1) is 11.9. The number of ether oxygens (including phenoxy) is 1. The van der Waals surface area contributed by atoms with Crippen molar-refractivity contribution in [1.82, 2.24) is 5.32 Å². The monoisotopic (exact) mass is 385 g/mol. The molecule has 0 spiro atoms. The molecular weight excluding hydrogens is 358 g/mol. The van der Waals surface area contributed by atoms with Crippen LogP contribution in [0, 0.1) is 20.8 Å². The second-order valence-electron chi connectivity index (χ2n) is 7.22. The molecule has 1 amide bonds. The van der Waals surface area contributed by atoms with Crippen molar-refractivity contribution in [2.75, 3.05) is 12.3 Å². The van der Waals surface area contributed by atoms with Gasteiger partial charge in [-0.3, -0.25) is 9.35 Å². The Kier molecular flexibility index (Phi) is 5.87. The zero-order chi connectivity index (χ0) is 19.7. The van der Waals surface area contributed by atoms with Gasteiger partial charge in [0.1, 0.15) is 17.1 Å². The van der Waals surface area contributed by atoms with E-state index in [9.17, 15) is 18.3 Å². The van der Waals surface area contributed by atoms with Crippen molar-refractivity contribution in [3.05, 3.63) is 22.3 Å². The average Bonchev–Trinajstić information content (AvgIpc) is 2.55. The Bertz CT molecular complexity index is 818. The van der Waals surface area contributed by atoms with Gasteiger partial charge in [0.2, 0.25) is 5.91 Å². The van der Waals surface area contributed by atoms with E-state index in [0.717, 1.165) is 40.8 Å². The summed E-state index contributed by atoms with van der Waals surface area (Å²) in [5.74, 6) is 0.324. The van der Waals surface area contributed by atoms with Gasteiger partial charge in [0.15, 0.2) is 0 Å². The fourth-order valence-electron chi connectivity index (χ4n) is 3.26. The molecule has 1 aromatic rings. The van der Waals surface area contributed by atoms with E-state index >= 15 is 0 Å². The maximum atomic E-state index is 11.9. The summed E-state index contributed by atoms with van der Waals surface area (Å²) in [6.45, 7) is 7.50. The molecule has 1 heterocycles. The van der Waals surface area contributed by atoms with Crippen molar-refractivity contribution in [2.45, 2.75) is 59.0 Å². The Labute approximate surface area is 154 Å². The molecule has 3 N–H and O–H groups in total. The van der Waals surface area contributed by atoms with Gasteiger partial charge in [-0.2, -0.15) is 8.42 Å². The third-order valence-corrected chi connectivity index (χ3v) is 5.88. The largest absolute Gasteiger partial charge is 0.507 e. The summed E-state index contributed by atoms with van der Waals surface area (Å²) >= 11 is 0. The number of hydrogen-bond acceptors (Lipinski definition) is 5. The first-order valence-electron chi connectivity index (χ1n) is 8.66. The maximum Gasteiger partial charge on any atom is 0.266 e. The highest BCUT2D eigenvalue weighted by Crippen LogP contribution is 2.44. The lowest BCUT2D eigenvalue weighted by molar-refractivity contribution is -0.122. The van der Waals surface area contributed by atoms with Gasteiger partial charge in [-0.25, -0.2) is 0 Å². The molecular formula is C18H27NO6S. The SMILES string of the molecule is Cc1c(C)c2c(c(C)c1O)CC[C@@](C)(CCC(=O)NCCS(=O)(=O)O)O2. The van der Waals surface area contributed by atoms with E-state index in [0.29, 0.717) is 12.2 Å². The normalized spacial score (nSPS) is 19.6. The molecule has 2 rings (SSSR count). The van der Waals surface area contributed by atoms with Crippen LogP contribution in [0.25, 0.3) is 0 Å². The minimum absolute atomic E-state index is 0.116. The molecule has 8 heteroatoms. The van der Waals surface area contributed by atoms with Crippen LogP contribution in [0.2, 0.25) is 0 Å². The van der Waals surface area contributed by atoms with Crippen LogP contribution < -0.4 is 10.1 Å². The second kappa shape index (κ2) is 7.44. The van der Waals surface area contributed by atoms with Crippen molar-refractivity contribution in [1.29, 1.82) is 0 Å². The summed E-state index contributed by atoms with van der Waals surface area (Å²) in [5, 5.41) is 12.7. The van der Waals surface area contributed by atoms with Gasteiger partial charge in [0.05, 0.1) is 5.75 Å². The molecule has 1 aliphatic heterocycles. The number of nitrogens with one attached hydrogen (secondary N) is 1. The number of benzene rings is 1. The molecule has 0 aromatic heterocycles. The number of carbonyl (C=O) groups is 1. The topological polar surface area (TPSA) is 113 Å². The standard InChI is InChI=1S/C18H27NO6S/c1-11-12(2)17-14(13(3)16(11)21)5-7-18(4,25-17)8-6-15(20)19-9-10-26(22,23)24/h21H,5-10H2,1-4H3,(H,19,20)(H,22,23,24)/t18-/m0/s1. The van der Waals surface area contributed by atoms with E-state index in [1.165, 1.54) is 0 Å². The van der Waals surface area contributed by atoms with Crippen molar-refractivity contribution in [3.8, 4) is 11.5 Å². The minimum Gasteiger partial charge on any atom is -0.507 e. The molecule has 0 unspecified atom stereocenters. The molecule has 1 atom stereocenters. The molecule has 0 radical (unpaired) electrons. The molecule has 26 heavy (non-hydrogen) atoms. The smallest absolute Gasteiger partial charge is 0.266 e. The average molecular weight is 385 g/mol. The third-order valence-electron chi connectivity index (χ3n) is 5.16. The second-order valence-corrected chi connectivity index (χ2v) is 8.79. The van der Waals surface area contributed by atoms with Crippen LogP contribution in [0.15, 0.2) is 0 Å². The Morgan fingerprint density at radius 3 is 2.50 bits per heavy atom.